The second kappa shape index (κ2) is 9.49. The second-order valence-corrected chi connectivity index (χ2v) is 12.2. The van der Waals surface area contributed by atoms with Crippen molar-refractivity contribution in [2.45, 2.75) is 102 Å². The fraction of sp³-hybridized carbons (Fsp3) is 0.760. The molecule has 1 aliphatic heterocycles. The van der Waals surface area contributed by atoms with Crippen LogP contribution in [0.4, 0.5) is 4.79 Å². The van der Waals surface area contributed by atoms with Crippen molar-refractivity contribution >= 4 is 27.9 Å². The van der Waals surface area contributed by atoms with Crippen molar-refractivity contribution in [1.82, 2.24) is 10.2 Å². The van der Waals surface area contributed by atoms with E-state index in [2.05, 4.69) is 35.1 Å². The van der Waals surface area contributed by atoms with Crippen LogP contribution in [0.2, 0.25) is 0 Å². The van der Waals surface area contributed by atoms with Crippen LogP contribution in [0, 0.1) is 5.92 Å². The number of allylic oxidation sites excluding steroid dienone is 1. The van der Waals surface area contributed by atoms with Crippen LogP contribution >= 0.6 is 15.9 Å². The summed E-state index contributed by atoms with van der Waals surface area (Å²) in [5, 5.41) is 3.23. The molecule has 0 spiro atoms. The molecule has 3 aliphatic rings. The number of rotatable bonds is 4. The highest BCUT2D eigenvalue weighted by Crippen LogP contribution is 2.50. The summed E-state index contributed by atoms with van der Waals surface area (Å²) in [4.78, 5) is 28.2. The fourth-order valence-corrected chi connectivity index (χ4v) is 6.22. The van der Waals surface area contributed by atoms with Gasteiger partial charge in [0.05, 0.1) is 17.0 Å². The lowest BCUT2D eigenvalue weighted by Crippen LogP contribution is -2.48. The largest absolute Gasteiger partial charge is 0.467 e. The maximum absolute atomic E-state index is 13.3. The zero-order valence-corrected chi connectivity index (χ0v) is 22.2. The van der Waals surface area contributed by atoms with Gasteiger partial charge in [0, 0.05) is 18.3 Å². The number of esters is 1. The third-order valence-electron chi connectivity index (χ3n) is 7.24. The molecule has 3 unspecified atom stereocenters. The summed E-state index contributed by atoms with van der Waals surface area (Å²) in [6.45, 7) is 12.7. The zero-order chi connectivity index (χ0) is 23.8. The Morgan fingerprint density at radius 1 is 1.25 bits per heavy atom. The molecule has 180 valence electrons. The normalized spacial score (nSPS) is 28.8. The lowest BCUT2D eigenvalue weighted by molar-refractivity contribution is -0.160. The quantitative estimate of drug-likeness (QED) is 0.402. The SMILES string of the molecule is COC(=O)C(OC(C)(C)C)C1=C(C)C2=C(CCN(C3CCCCC3)C(=O)N2)C(C)C1(C)Br. The van der Waals surface area contributed by atoms with E-state index in [-0.39, 0.29) is 11.9 Å². The van der Waals surface area contributed by atoms with Gasteiger partial charge in [-0.1, -0.05) is 42.1 Å². The molecule has 6 nitrogen and oxygen atoms in total. The summed E-state index contributed by atoms with van der Waals surface area (Å²) in [7, 11) is 1.38. The van der Waals surface area contributed by atoms with Crippen LogP contribution in [0.15, 0.2) is 22.4 Å². The molecule has 2 amide bonds. The number of urea groups is 1. The predicted molar refractivity (Wildman–Crippen MR) is 130 cm³/mol. The number of nitrogens with zero attached hydrogens (tertiary/aromatic N) is 1. The number of carbonyl (C=O) groups is 2. The highest BCUT2D eigenvalue weighted by Gasteiger charge is 2.48. The average molecular weight is 512 g/mol. The van der Waals surface area contributed by atoms with Gasteiger partial charge in [0.1, 0.15) is 0 Å². The maximum Gasteiger partial charge on any atom is 0.339 e. The summed E-state index contributed by atoms with van der Waals surface area (Å²) in [6, 6.07) is 0.281. The van der Waals surface area contributed by atoms with Gasteiger partial charge in [0.15, 0.2) is 6.10 Å². The van der Waals surface area contributed by atoms with E-state index in [4.69, 9.17) is 9.47 Å². The Labute approximate surface area is 201 Å². The summed E-state index contributed by atoms with van der Waals surface area (Å²) in [6.07, 6.45) is 5.74. The molecule has 0 radical (unpaired) electrons. The first-order chi connectivity index (χ1) is 14.9. The Kier molecular flexibility index (Phi) is 7.50. The first-order valence-corrected chi connectivity index (χ1v) is 12.6. The van der Waals surface area contributed by atoms with E-state index in [0.717, 1.165) is 42.7 Å². The highest BCUT2D eigenvalue weighted by atomic mass is 79.9. The van der Waals surface area contributed by atoms with E-state index >= 15 is 0 Å². The zero-order valence-electron chi connectivity index (χ0n) is 20.6. The van der Waals surface area contributed by atoms with Gasteiger partial charge in [-0.05, 0) is 76.5 Å². The maximum atomic E-state index is 13.3. The molecule has 1 heterocycles. The molecular formula is C25H39BrN2O4. The molecule has 0 aromatic carbocycles. The van der Waals surface area contributed by atoms with E-state index in [1.165, 1.54) is 31.9 Å². The van der Waals surface area contributed by atoms with Gasteiger partial charge in [-0.25, -0.2) is 9.59 Å². The van der Waals surface area contributed by atoms with E-state index < -0.39 is 22.0 Å². The first kappa shape index (κ1) is 25.3. The van der Waals surface area contributed by atoms with Crippen LogP contribution in [0.25, 0.3) is 0 Å². The molecule has 0 aromatic rings. The van der Waals surface area contributed by atoms with Crippen molar-refractivity contribution < 1.29 is 19.1 Å². The van der Waals surface area contributed by atoms with Crippen molar-refractivity contribution in [2.75, 3.05) is 13.7 Å². The summed E-state index contributed by atoms with van der Waals surface area (Å²) in [5.74, 6) is -0.362. The first-order valence-electron chi connectivity index (χ1n) is 11.8. The van der Waals surface area contributed by atoms with Crippen LogP contribution < -0.4 is 5.32 Å². The Bertz CT molecular complexity index is 818. The third kappa shape index (κ3) is 4.93. The fourth-order valence-electron chi connectivity index (χ4n) is 5.44. The smallest absolute Gasteiger partial charge is 0.339 e. The Balaban J connectivity index is 2.03. The van der Waals surface area contributed by atoms with E-state index in [1.807, 2.05) is 32.6 Å². The van der Waals surface area contributed by atoms with Gasteiger partial charge in [-0.2, -0.15) is 0 Å². The predicted octanol–water partition coefficient (Wildman–Crippen LogP) is 5.47. The molecule has 1 fully saturated rings. The number of ether oxygens (including phenoxy) is 2. The summed E-state index contributed by atoms with van der Waals surface area (Å²) < 4.78 is 10.9. The lowest BCUT2D eigenvalue weighted by Gasteiger charge is -2.43. The van der Waals surface area contributed by atoms with Gasteiger partial charge < -0.3 is 19.7 Å². The van der Waals surface area contributed by atoms with Crippen LogP contribution in [-0.2, 0) is 14.3 Å². The molecule has 2 aliphatic carbocycles. The molecule has 0 aromatic heterocycles. The van der Waals surface area contributed by atoms with E-state index in [9.17, 15) is 9.59 Å². The van der Waals surface area contributed by atoms with Crippen LogP contribution in [0.5, 0.6) is 0 Å². The Morgan fingerprint density at radius 2 is 1.88 bits per heavy atom. The molecule has 3 rings (SSSR count). The number of methoxy groups -OCH3 is 1. The van der Waals surface area contributed by atoms with Crippen molar-refractivity contribution in [1.29, 1.82) is 0 Å². The van der Waals surface area contributed by atoms with Crippen LogP contribution in [0.3, 0.4) is 0 Å². The number of halogens is 1. The summed E-state index contributed by atoms with van der Waals surface area (Å²) in [5.41, 5.74) is 3.22. The molecule has 32 heavy (non-hydrogen) atoms. The Hall–Kier alpha value is -1.34. The van der Waals surface area contributed by atoms with Gasteiger partial charge in [-0.15, -0.1) is 0 Å². The average Bonchev–Trinajstić information content (AvgIpc) is 2.89. The third-order valence-corrected chi connectivity index (χ3v) is 8.36. The molecule has 0 bridgehead atoms. The van der Waals surface area contributed by atoms with Gasteiger partial charge >= 0.3 is 12.0 Å². The van der Waals surface area contributed by atoms with Crippen molar-refractivity contribution in [2.24, 2.45) is 5.92 Å². The minimum absolute atomic E-state index is 0.0302. The van der Waals surface area contributed by atoms with Crippen molar-refractivity contribution in [3.05, 3.63) is 22.4 Å². The van der Waals surface area contributed by atoms with Gasteiger partial charge in [-0.3, -0.25) is 0 Å². The molecule has 1 N–H and O–H groups in total. The molecule has 0 saturated heterocycles. The van der Waals surface area contributed by atoms with Crippen molar-refractivity contribution in [3.8, 4) is 0 Å². The van der Waals surface area contributed by atoms with Crippen molar-refractivity contribution in [3.63, 3.8) is 0 Å². The minimum Gasteiger partial charge on any atom is -0.467 e. The molecular weight excluding hydrogens is 472 g/mol. The highest BCUT2D eigenvalue weighted by molar-refractivity contribution is 9.10. The summed E-state index contributed by atoms with van der Waals surface area (Å²) >= 11 is 3.96. The number of hydrogen-bond acceptors (Lipinski definition) is 4. The minimum atomic E-state index is -0.865. The lowest BCUT2D eigenvalue weighted by atomic mass is 9.72. The van der Waals surface area contributed by atoms with E-state index in [0.29, 0.717) is 6.04 Å². The number of nitrogens with one attached hydrogen (secondary N) is 1. The number of carbonyl (C=O) groups excluding carboxylic acids is 2. The number of amides is 2. The van der Waals surface area contributed by atoms with E-state index in [1.54, 1.807) is 0 Å². The standard InChI is InChI=1S/C25H39BrN2O4/c1-15-19(21(22(29)31-7)32-24(3,4)5)25(6,26)16(2)18-13-14-28(23(30)27-20(15)18)17-11-9-8-10-12-17/h16-17,21H,8-14H2,1-7H3,(H,27,30). The number of hydrogen-bond donors (Lipinski definition) is 1. The molecule has 7 heteroatoms. The number of alkyl halides is 1. The van der Waals surface area contributed by atoms with Gasteiger partial charge in [0.2, 0.25) is 0 Å². The van der Waals surface area contributed by atoms with Crippen LogP contribution in [0.1, 0.15) is 80.1 Å². The molecule has 1 saturated carbocycles. The van der Waals surface area contributed by atoms with Crippen LogP contribution in [-0.4, -0.2) is 52.6 Å². The van der Waals surface area contributed by atoms with Gasteiger partial charge in [0.25, 0.3) is 0 Å². The second-order valence-electron chi connectivity index (χ2n) is 10.5. The molecule has 3 atom stereocenters. The Morgan fingerprint density at radius 3 is 2.44 bits per heavy atom. The monoisotopic (exact) mass is 510 g/mol. The topological polar surface area (TPSA) is 67.9 Å².